The Bertz CT molecular complexity index is 467. The average molecular weight is 259 g/mol. The summed E-state index contributed by atoms with van der Waals surface area (Å²) in [6.07, 6.45) is 3.48. The maximum Gasteiger partial charge on any atom is 0.246 e. The van der Waals surface area contributed by atoms with E-state index in [2.05, 4.69) is 18.9 Å². The van der Waals surface area contributed by atoms with Crippen LogP contribution in [0.4, 0.5) is 5.69 Å². The van der Waals surface area contributed by atoms with Crippen molar-refractivity contribution in [3.63, 3.8) is 0 Å². The number of likely N-dealkylation sites (N-methyl/N-ethyl adjacent to an activating group) is 1. The van der Waals surface area contributed by atoms with Gasteiger partial charge in [0, 0.05) is 37.4 Å². The second kappa shape index (κ2) is 5.89. The van der Waals surface area contributed by atoms with Crippen molar-refractivity contribution in [2.75, 3.05) is 32.4 Å². The second-order valence-electron chi connectivity index (χ2n) is 5.11. The van der Waals surface area contributed by atoms with E-state index in [1.807, 2.05) is 35.2 Å². The summed E-state index contributed by atoms with van der Waals surface area (Å²) in [5, 5.41) is 0. The first kappa shape index (κ1) is 13.6. The van der Waals surface area contributed by atoms with E-state index in [-0.39, 0.29) is 5.91 Å². The van der Waals surface area contributed by atoms with Crippen molar-refractivity contribution in [1.82, 2.24) is 9.80 Å². The Morgan fingerprint density at radius 1 is 1.32 bits per heavy atom. The van der Waals surface area contributed by atoms with Crippen LogP contribution < -0.4 is 5.73 Å². The number of hydrogen-bond donors (Lipinski definition) is 1. The summed E-state index contributed by atoms with van der Waals surface area (Å²) in [4.78, 5) is 16.3. The predicted molar refractivity (Wildman–Crippen MR) is 78.6 cm³/mol. The molecule has 0 aliphatic carbocycles. The molecule has 102 valence electrons. The lowest BCUT2D eigenvalue weighted by molar-refractivity contribution is -0.128. The van der Waals surface area contributed by atoms with Gasteiger partial charge in [0.05, 0.1) is 0 Å². The number of nitrogens with two attached hydrogens (primary N) is 1. The van der Waals surface area contributed by atoms with Crippen molar-refractivity contribution in [3.05, 3.63) is 35.9 Å². The van der Waals surface area contributed by atoms with Crippen LogP contribution in [0.5, 0.6) is 0 Å². The fourth-order valence-electron chi connectivity index (χ4n) is 2.13. The molecule has 1 aromatic rings. The molecule has 0 saturated carbocycles. The molecule has 2 rings (SSSR count). The number of hydrogen-bond acceptors (Lipinski definition) is 3. The third kappa shape index (κ3) is 3.58. The Hall–Kier alpha value is -1.81. The van der Waals surface area contributed by atoms with Crippen LogP contribution in [-0.4, -0.2) is 48.4 Å². The third-order valence-corrected chi connectivity index (χ3v) is 3.63. The molecule has 1 heterocycles. The minimum atomic E-state index is 0.0803. The number of carbonyl (C=O) groups is 1. The molecule has 2 N–H and O–H groups in total. The van der Waals surface area contributed by atoms with Gasteiger partial charge in [-0.05, 0) is 37.7 Å². The van der Waals surface area contributed by atoms with E-state index in [0.717, 1.165) is 30.9 Å². The highest BCUT2D eigenvalue weighted by Crippen LogP contribution is 2.10. The van der Waals surface area contributed by atoms with Crippen LogP contribution in [0.25, 0.3) is 6.08 Å². The van der Waals surface area contributed by atoms with Gasteiger partial charge in [0.2, 0.25) is 5.91 Å². The Kier molecular flexibility index (Phi) is 4.22. The molecule has 0 bridgehead atoms. The molecule has 4 nitrogen and oxygen atoms in total. The summed E-state index contributed by atoms with van der Waals surface area (Å²) in [6.45, 7) is 4.67. The summed E-state index contributed by atoms with van der Waals surface area (Å²) in [5.41, 5.74) is 7.35. The van der Waals surface area contributed by atoms with Crippen molar-refractivity contribution in [1.29, 1.82) is 0 Å². The number of nitrogen functional groups attached to an aromatic ring is 1. The van der Waals surface area contributed by atoms with Crippen LogP contribution in [0.3, 0.4) is 0 Å². The van der Waals surface area contributed by atoms with Gasteiger partial charge in [-0.25, -0.2) is 0 Å². The van der Waals surface area contributed by atoms with E-state index < -0.39 is 0 Å². The summed E-state index contributed by atoms with van der Waals surface area (Å²) >= 11 is 0. The van der Waals surface area contributed by atoms with E-state index in [1.54, 1.807) is 6.08 Å². The molecule has 0 spiro atoms. The third-order valence-electron chi connectivity index (χ3n) is 3.63. The molecular weight excluding hydrogens is 238 g/mol. The summed E-state index contributed by atoms with van der Waals surface area (Å²) in [7, 11) is 2.09. The Morgan fingerprint density at radius 3 is 2.63 bits per heavy atom. The fourth-order valence-corrected chi connectivity index (χ4v) is 2.13. The minimum absolute atomic E-state index is 0.0803. The number of anilines is 1. The number of benzene rings is 1. The fraction of sp³-hybridized carbons (Fsp3) is 0.400. The monoisotopic (exact) mass is 259 g/mol. The van der Waals surface area contributed by atoms with Gasteiger partial charge in [-0.3, -0.25) is 4.79 Å². The zero-order chi connectivity index (χ0) is 13.8. The summed E-state index contributed by atoms with van der Waals surface area (Å²) < 4.78 is 0. The van der Waals surface area contributed by atoms with E-state index in [0.29, 0.717) is 6.04 Å². The molecule has 1 atom stereocenters. The van der Waals surface area contributed by atoms with Crippen LogP contribution in [0.1, 0.15) is 12.5 Å². The Balaban J connectivity index is 1.95. The molecule has 1 amide bonds. The van der Waals surface area contributed by atoms with Gasteiger partial charge >= 0.3 is 0 Å². The molecule has 1 aliphatic rings. The van der Waals surface area contributed by atoms with Gasteiger partial charge < -0.3 is 15.5 Å². The molecule has 0 radical (unpaired) electrons. The summed E-state index contributed by atoms with van der Waals surface area (Å²) in [5.74, 6) is 0.0803. The van der Waals surface area contributed by atoms with Crippen molar-refractivity contribution in [3.8, 4) is 0 Å². The normalized spacial score (nSPS) is 20.9. The molecule has 1 unspecified atom stereocenters. The van der Waals surface area contributed by atoms with Gasteiger partial charge in [0.15, 0.2) is 0 Å². The molecule has 4 heteroatoms. The van der Waals surface area contributed by atoms with Crippen LogP contribution in [0, 0.1) is 0 Å². The molecule has 0 aromatic heterocycles. The number of piperazine rings is 1. The van der Waals surface area contributed by atoms with Gasteiger partial charge in [0.25, 0.3) is 0 Å². The topological polar surface area (TPSA) is 49.6 Å². The highest BCUT2D eigenvalue weighted by atomic mass is 16.2. The van der Waals surface area contributed by atoms with Gasteiger partial charge in [-0.15, -0.1) is 0 Å². The van der Waals surface area contributed by atoms with Crippen LogP contribution in [-0.2, 0) is 4.79 Å². The predicted octanol–water partition coefficient (Wildman–Crippen LogP) is 1.44. The number of nitrogens with zero attached hydrogens (tertiary/aromatic N) is 2. The zero-order valence-electron chi connectivity index (χ0n) is 11.5. The SMILES string of the molecule is CC1CN(C(=O)/C=C/c2ccc(N)cc2)CCN1C. The van der Waals surface area contributed by atoms with Crippen molar-refractivity contribution < 1.29 is 4.79 Å². The smallest absolute Gasteiger partial charge is 0.246 e. The summed E-state index contributed by atoms with van der Waals surface area (Å²) in [6, 6.07) is 7.91. The number of rotatable bonds is 2. The lowest BCUT2D eigenvalue weighted by Crippen LogP contribution is -2.51. The number of carbonyl (C=O) groups excluding carboxylic acids is 1. The molecule has 1 aliphatic heterocycles. The molecule has 1 aromatic carbocycles. The van der Waals surface area contributed by atoms with E-state index in [1.165, 1.54) is 0 Å². The van der Waals surface area contributed by atoms with Crippen molar-refractivity contribution in [2.24, 2.45) is 0 Å². The van der Waals surface area contributed by atoms with Crippen LogP contribution in [0.15, 0.2) is 30.3 Å². The highest BCUT2D eigenvalue weighted by Gasteiger charge is 2.22. The second-order valence-corrected chi connectivity index (χ2v) is 5.11. The van der Waals surface area contributed by atoms with E-state index >= 15 is 0 Å². The first-order chi connectivity index (χ1) is 9.06. The quantitative estimate of drug-likeness (QED) is 0.646. The average Bonchev–Trinajstić information content (AvgIpc) is 2.41. The van der Waals surface area contributed by atoms with Gasteiger partial charge in [-0.2, -0.15) is 0 Å². The first-order valence-corrected chi connectivity index (χ1v) is 6.59. The molecule has 19 heavy (non-hydrogen) atoms. The molecular formula is C15H21N3O. The maximum atomic E-state index is 12.1. The van der Waals surface area contributed by atoms with Gasteiger partial charge in [0.1, 0.15) is 0 Å². The lowest BCUT2D eigenvalue weighted by atomic mass is 10.1. The van der Waals surface area contributed by atoms with Crippen molar-refractivity contribution >= 4 is 17.7 Å². The number of amides is 1. The van der Waals surface area contributed by atoms with Crippen LogP contribution >= 0.6 is 0 Å². The minimum Gasteiger partial charge on any atom is -0.399 e. The van der Waals surface area contributed by atoms with Crippen LogP contribution in [0.2, 0.25) is 0 Å². The maximum absolute atomic E-state index is 12.1. The first-order valence-electron chi connectivity index (χ1n) is 6.59. The zero-order valence-corrected chi connectivity index (χ0v) is 11.5. The standard InChI is InChI=1S/C15H21N3O/c1-12-11-18(10-9-17(12)2)15(19)8-5-13-3-6-14(16)7-4-13/h3-8,12H,9-11,16H2,1-2H3/b8-5+. The van der Waals surface area contributed by atoms with E-state index in [9.17, 15) is 4.79 Å². The van der Waals surface area contributed by atoms with Crippen molar-refractivity contribution in [2.45, 2.75) is 13.0 Å². The molecule has 1 saturated heterocycles. The highest BCUT2D eigenvalue weighted by molar-refractivity contribution is 5.91. The Morgan fingerprint density at radius 2 is 2.00 bits per heavy atom. The van der Waals surface area contributed by atoms with Gasteiger partial charge in [-0.1, -0.05) is 12.1 Å². The largest absolute Gasteiger partial charge is 0.399 e. The molecule has 1 fully saturated rings. The van der Waals surface area contributed by atoms with E-state index in [4.69, 9.17) is 5.73 Å². The Labute approximate surface area is 114 Å². The lowest BCUT2D eigenvalue weighted by Gasteiger charge is -2.37.